The Bertz CT molecular complexity index is 1280. The lowest BCUT2D eigenvalue weighted by Gasteiger charge is -2.25. The van der Waals surface area contributed by atoms with E-state index in [1.165, 1.54) is 37.5 Å². The van der Waals surface area contributed by atoms with Crippen LogP contribution in [0.25, 0.3) is 5.76 Å². The standard InChI is InChI=1S/C24H19Cl2NO6/c1-12-9-13(25)6-7-16(12)27-21(17-5-4-8-33-17)20(23(29)24(27)30)22(28)14-10-15(26)19(32-3)11-18(14)31-2/h4-11,21,28H,1-3H3/b22-20-. The Morgan fingerprint density at radius 3 is 2.39 bits per heavy atom. The van der Waals surface area contributed by atoms with Crippen LogP contribution in [0, 0.1) is 6.92 Å². The van der Waals surface area contributed by atoms with Crippen LogP contribution >= 0.6 is 23.2 Å². The summed E-state index contributed by atoms with van der Waals surface area (Å²) in [4.78, 5) is 27.7. The molecule has 1 aliphatic rings. The van der Waals surface area contributed by atoms with Crippen molar-refractivity contribution in [2.75, 3.05) is 19.1 Å². The molecule has 0 aliphatic carbocycles. The fraction of sp³-hybridized carbons (Fsp3) is 0.167. The molecule has 0 bridgehead atoms. The van der Waals surface area contributed by atoms with Crippen molar-refractivity contribution in [1.29, 1.82) is 0 Å². The van der Waals surface area contributed by atoms with E-state index < -0.39 is 23.5 Å². The highest BCUT2D eigenvalue weighted by Gasteiger charge is 2.49. The molecule has 1 aliphatic heterocycles. The van der Waals surface area contributed by atoms with E-state index in [0.717, 1.165) is 0 Å². The zero-order valence-electron chi connectivity index (χ0n) is 17.9. The summed E-state index contributed by atoms with van der Waals surface area (Å²) in [7, 11) is 2.84. The van der Waals surface area contributed by atoms with E-state index in [0.29, 0.717) is 27.8 Å². The zero-order valence-corrected chi connectivity index (χ0v) is 19.4. The summed E-state index contributed by atoms with van der Waals surface area (Å²) in [5.74, 6) is -1.32. The minimum absolute atomic E-state index is 0.130. The van der Waals surface area contributed by atoms with Crippen LogP contribution in [0.1, 0.15) is 22.9 Å². The number of ketones is 1. The summed E-state index contributed by atoms with van der Waals surface area (Å²) in [6.45, 7) is 1.77. The van der Waals surface area contributed by atoms with Crippen LogP contribution in [-0.4, -0.2) is 31.0 Å². The van der Waals surface area contributed by atoms with Gasteiger partial charge in [-0.25, -0.2) is 0 Å². The first kappa shape index (κ1) is 22.8. The van der Waals surface area contributed by atoms with E-state index in [2.05, 4.69) is 0 Å². The van der Waals surface area contributed by atoms with E-state index in [-0.39, 0.29) is 21.9 Å². The molecule has 1 atom stereocenters. The Balaban J connectivity index is 1.98. The maximum Gasteiger partial charge on any atom is 0.300 e. The maximum absolute atomic E-state index is 13.2. The number of furan rings is 1. The Labute approximate surface area is 199 Å². The van der Waals surface area contributed by atoms with Gasteiger partial charge in [-0.2, -0.15) is 0 Å². The van der Waals surface area contributed by atoms with Gasteiger partial charge in [0.15, 0.2) is 0 Å². The molecule has 0 radical (unpaired) electrons. The number of carbonyl (C=O) groups is 2. The molecule has 1 N–H and O–H groups in total. The van der Waals surface area contributed by atoms with Crippen molar-refractivity contribution in [2.45, 2.75) is 13.0 Å². The normalized spacial score (nSPS) is 17.5. The summed E-state index contributed by atoms with van der Waals surface area (Å²) in [6.07, 6.45) is 1.43. The number of Topliss-reactive ketones (excluding diaryl/α,β-unsaturated/α-hetero) is 1. The number of halogens is 2. The SMILES string of the molecule is COc1cc(OC)c(/C(O)=C2/C(=O)C(=O)N(c3ccc(Cl)cc3C)C2c2ccco2)cc1Cl. The van der Waals surface area contributed by atoms with Crippen molar-refractivity contribution >= 4 is 46.3 Å². The minimum atomic E-state index is -1.02. The number of aliphatic hydroxyl groups is 1. The third-order valence-electron chi connectivity index (χ3n) is 5.40. The van der Waals surface area contributed by atoms with Gasteiger partial charge in [-0.15, -0.1) is 0 Å². The van der Waals surface area contributed by atoms with Gasteiger partial charge in [-0.1, -0.05) is 23.2 Å². The first-order valence-corrected chi connectivity index (χ1v) is 10.6. The Morgan fingerprint density at radius 2 is 1.79 bits per heavy atom. The second-order valence-electron chi connectivity index (χ2n) is 7.30. The molecular formula is C24H19Cl2NO6. The Kier molecular flexibility index (Phi) is 6.10. The predicted octanol–water partition coefficient (Wildman–Crippen LogP) is 5.54. The quantitative estimate of drug-likeness (QED) is 0.288. The number of hydrogen-bond acceptors (Lipinski definition) is 6. The van der Waals surface area contributed by atoms with Gasteiger partial charge >= 0.3 is 0 Å². The molecule has 1 saturated heterocycles. The molecule has 1 amide bonds. The highest BCUT2D eigenvalue weighted by atomic mass is 35.5. The number of benzene rings is 2. The lowest BCUT2D eigenvalue weighted by molar-refractivity contribution is -0.132. The van der Waals surface area contributed by atoms with Crippen molar-refractivity contribution in [3.05, 3.63) is 81.2 Å². The molecule has 7 nitrogen and oxygen atoms in total. The van der Waals surface area contributed by atoms with Crippen LogP contribution in [0.2, 0.25) is 10.0 Å². The fourth-order valence-corrected chi connectivity index (χ4v) is 4.34. The lowest BCUT2D eigenvalue weighted by atomic mass is 9.98. The van der Waals surface area contributed by atoms with E-state index in [9.17, 15) is 14.7 Å². The number of hydrogen-bond donors (Lipinski definition) is 1. The van der Waals surface area contributed by atoms with Crippen LogP contribution in [0.5, 0.6) is 11.5 Å². The van der Waals surface area contributed by atoms with E-state index in [4.69, 9.17) is 37.1 Å². The molecule has 0 saturated carbocycles. The number of aliphatic hydroxyl groups excluding tert-OH is 1. The topological polar surface area (TPSA) is 89.2 Å². The van der Waals surface area contributed by atoms with Crippen LogP contribution in [0.4, 0.5) is 5.69 Å². The maximum atomic E-state index is 13.2. The van der Waals surface area contributed by atoms with E-state index >= 15 is 0 Å². The third kappa shape index (κ3) is 3.83. The summed E-state index contributed by atoms with van der Waals surface area (Å²) in [5, 5.41) is 12.0. The molecule has 1 aromatic heterocycles. The van der Waals surface area contributed by atoms with Crippen LogP contribution in [0.15, 0.2) is 58.7 Å². The Hall–Kier alpha value is -3.42. The zero-order chi connectivity index (χ0) is 23.9. The van der Waals surface area contributed by atoms with Crippen molar-refractivity contribution in [1.82, 2.24) is 0 Å². The molecule has 3 aromatic rings. The van der Waals surface area contributed by atoms with Gasteiger partial charge < -0.3 is 19.0 Å². The van der Waals surface area contributed by atoms with E-state index in [1.807, 2.05) is 0 Å². The van der Waals surface area contributed by atoms with Gasteiger partial charge in [0.1, 0.15) is 29.1 Å². The number of methoxy groups -OCH3 is 2. The highest BCUT2D eigenvalue weighted by molar-refractivity contribution is 6.52. The number of aryl methyl sites for hydroxylation is 1. The first-order chi connectivity index (χ1) is 15.8. The number of carbonyl (C=O) groups excluding carboxylic acids is 2. The molecule has 33 heavy (non-hydrogen) atoms. The lowest BCUT2D eigenvalue weighted by Crippen LogP contribution is -2.29. The fourth-order valence-electron chi connectivity index (χ4n) is 3.88. The predicted molar refractivity (Wildman–Crippen MR) is 124 cm³/mol. The number of rotatable bonds is 5. The smallest absolute Gasteiger partial charge is 0.300 e. The number of nitrogens with zero attached hydrogens (tertiary/aromatic N) is 1. The van der Waals surface area contributed by atoms with E-state index in [1.54, 1.807) is 37.3 Å². The van der Waals surface area contributed by atoms with Crippen LogP contribution < -0.4 is 14.4 Å². The average molecular weight is 488 g/mol. The molecule has 2 aromatic carbocycles. The molecule has 9 heteroatoms. The largest absolute Gasteiger partial charge is 0.507 e. The van der Waals surface area contributed by atoms with Crippen molar-refractivity contribution in [3.63, 3.8) is 0 Å². The number of amides is 1. The number of ether oxygens (including phenoxy) is 2. The highest BCUT2D eigenvalue weighted by Crippen LogP contribution is 2.45. The Morgan fingerprint density at radius 1 is 1.06 bits per heavy atom. The first-order valence-electron chi connectivity index (χ1n) is 9.81. The van der Waals surface area contributed by atoms with Crippen molar-refractivity contribution in [3.8, 4) is 11.5 Å². The monoisotopic (exact) mass is 487 g/mol. The van der Waals surface area contributed by atoms with Gasteiger partial charge in [0.2, 0.25) is 0 Å². The average Bonchev–Trinajstić information content (AvgIpc) is 3.41. The van der Waals surface area contributed by atoms with Crippen molar-refractivity contribution < 1.29 is 28.6 Å². The molecule has 1 fully saturated rings. The molecule has 2 heterocycles. The van der Waals surface area contributed by atoms with Gasteiger partial charge in [-0.05, 0) is 48.9 Å². The summed E-state index contributed by atoms with van der Waals surface area (Å²) >= 11 is 12.3. The molecule has 4 rings (SSSR count). The number of anilines is 1. The second-order valence-corrected chi connectivity index (χ2v) is 8.15. The van der Waals surface area contributed by atoms with Gasteiger partial charge in [0.05, 0.1) is 36.6 Å². The molecule has 0 spiro atoms. The van der Waals surface area contributed by atoms with Crippen LogP contribution in [0.3, 0.4) is 0 Å². The second kappa shape index (κ2) is 8.84. The van der Waals surface area contributed by atoms with Crippen LogP contribution in [-0.2, 0) is 9.59 Å². The minimum Gasteiger partial charge on any atom is -0.507 e. The molecule has 170 valence electrons. The van der Waals surface area contributed by atoms with Crippen molar-refractivity contribution in [2.24, 2.45) is 0 Å². The van der Waals surface area contributed by atoms with Gasteiger partial charge in [0.25, 0.3) is 11.7 Å². The summed E-state index contributed by atoms with van der Waals surface area (Å²) in [5.41, 5.74) is 1.10. The summed E-state index contributed by atoms with van der Waals surface area (Å²) < 4.78 is 16.1. The summed E-state index contributed by atoms with van der Waals surface area (Å²) in [6, 6.07) is 10.1. The molecule has 1 unspecified atom stereocenters. The van der Waals surface area contributed by atoms with Gasteiger partial charge in [0, 0.05) is 16.8 Å². The molecular weight excluding hydrogens is 469 g/mol. The third-order valence-corrected chi connectivity index (χ3v) is 5.93. The van der Waals surface area contributed by atoms with Gasteiger partial charge in [-0.3, -0.25) is 14.5 Å².